The van der Waals surface area contributed by atoms with Gasteiger partial charge in [0.2, 0.25) is 5.91 Å². The largest absolute Gasteiger partial charge is 0.444 e. The molecule has 1 unspecified atom stereocenters. The summed E-state index contributed by atoms with van der Waals surface area (Å²) >= 11 is 0. The molecule has 134 valence electrons. The summed E-state index contributed by atoms with van der Waals surface area (Å²) in [4.78, 5) is 24.7. The summed E-state index contributed by atoms with van der Waals surface area (Å²) in [5.41, 5.74) is -0.544. The van der Waals surface area contributed by atoms with Crippen LogP contribution in [0.3, 0.4) is 0 Å². The highest BCUT2D eigenvalue weighted by Gasteiger charge is 2.32. The van der Waals surface area contributed by atoms with Gasteiger partial charge < -0.3 is 15.0 Å². The number of alkyl carbamates (subject to hydrolysis) is 1. The lowest BCUT2D eigenvalue weighted by Crippen LogP contribution is -2.33. The number of hydrogen-bond donors (Lipinski definition) is 1. The maximum absolute atomic E-state index is 12.6. The maximum atomic E-state index is 12.6. The van der Waals surface area contributed by atoms with E-state index in [0.29, 0.717) is 25.9 Å². The van der Waals surface area contributed by atoms with Crippen LogP contribution in [0.1, 0.15) is 40.0 Å². The van der Waals surface area contributed by atoms with Crippen molar-refractivity contribution in [2.75, 3.05) is 25.4 Å². The number of carbonyl (C=O) groups is 2. The van der Waals surface area contributed by atoms with Gasteiger partial charge >= 0.3 is 16.3 Å². The second-order valence-corrected chi connectivity index (χ2v) is 8.16. The minimum absolute atomic E-state index is 0.0688. The average Bonchev–Trinajstić information content (AvgIpc) is 2.64. The summed E-state index contributed by atoms with van der Waals surface area (Å²) < 4.78 is 38.9. The molecule has 0 radical (unpaired) electrons. The summed E-state index contributed by atoms with van der Waals surface area (Å²) in [6, 6.07) is 0. The van der Waals surface area contributed by atoms with Crippen molar-refractivity contribution in [2.24, 2.45) is 5.92 Å². The van der Waals surface area contributed by atoms with Crippen LogP contribution in [0.4, 0.5) is 8.68 Å². The minimum Gasteiger partial charge on any atom is -0.444 e. The van der Waals surface area contributed by atoms with Crippen LogP contribution in [0.2, 0.25) is 0 Å². The molecule has 1 atom stereocenters. The molecule has 9 heteroatoms. The molecule has 0 aromatic heterocycles. The van der Waals surface area contributed by atoms with E-state index in [9.17, 15) is 21.9 Å². The standard InChI is InChI=1S/C14H25FN2O5S/c1-14(2,3)22-13(19)16-6-4-5-7-17-9-11(8-12(17)18)10-23(15,20)21/h11H,4-10H2,1-3H3,(H,16,19). The Balaban J connectivity index is 2.19. The molecule has 1 aliphatic rings. The Morgan fingerprint density at radius 1 is 1.39 bits per heavy atom. The SMILES string of the molecule is CC(C)(C)OC(=O)NCCCCN1CC(CS(=O)(=O)F)CC1=O. The molecular weight excluding hydrogens is 327 g/mol. The van der Waals surface area contributed by atoms with Crippen LogP contribution < -0.4 is 5.32 Å². The monoisotopic (exact) mass is 352 g/mol. The molecule has 1 rings (SSSR count). The quantitative estimate of drug-likeness (QED) is 0.553. The molecular formula is C14H25FN2O5S. The van der Waals surface area contributed by atoms with Gasteiger partial charge in [0, 0.05) is 32.0 Å². The molecule has 0 aromatic carbocycles. The van der Waals surface area contributed by atoms with E-state index in [1.165, 1.54) is 0 Å². The number of ether oxygens (including phenoxy) is 1. The Kier molecular flexibility index (Phi) is 6.79. The van der Waals surface area contributed by atoms with E-state index in [1.54, 1.807) is 25.7 Å². The van der Waals surface area contributed by atoms with E-state index in [0.717, 1.165) is 0 Å². The van der Waals surface area contributed by atoms with E-state index in [-0.39, 0.29) is 18.9 Å². The van der Waals surface area contributed by atoms with Gasteiger partial charge in [-0.3, -0.25) is 4.79 Å². The number of nitrogens with zero attached hydrogens (tertiary/aromatic N) is 1. The zero-order valence-corrected chi connectivity index (χ0v) is 14.6. The second kappa shape index (κ2) is 7.94. The topological polar surface area (TPSA) is 92.8 Å². The Hall–Kier alpha value is -1.38. The lowest BCUT2D eigenvalue weighted by atomic mass is 10.1. The zero-order valence-electron chi connectivity index (χ0n) is 13.8. The first-order valence-electron chi connectivity index (χ1n) is 7.63. The van der Waals surface area contributed by atoms with Crippen LogP contribution in [0, 0.1) is 5.92 Å². The van der Waals surface area contributed by atoms with Crippen molar-refractivity contribution in [3.8, 4) is 0 Å². The van der Waals surface area contributed by atoms with Gasteiger partial charge in [-0.15, -0.1) is 3.89 Å². The van der Waals surface area contributed by atoms with Gasteiger partial charge in [0.15, 0.2) is 0 Å². The average molecular weight is 352 g/mol. The first-order valence-corrected chi connectivity index (χ1v) is 9.18. The van der Waals surface area contributed by atoms with Crippen LogP contribution in [-0.2, 0) is 19.8 Å². The molecule has 0 bridgehead atoms. The third-order valence-electron chi connectivity index (χ3n) is 3.25. The Labute approximate surface area is 136 Å². The van der Waals surface area contributed by atoms with Crippen molar-refractivity contribution in [3.05, 3.63) is 0 Å². The summed E-state index contributed by atoms with van der Waals surface area (Å²) in [6.07, 6.45) is 0.911. The van der Waals surface area contributed by atoms with Crippen molar-refractivity contribution in [1.29, 1.82) is 0 Å². The highest BCUT2D eigenvalue weighted by Crippen LogP contribution is 2.20. The first-order chi connectivity index (χ1) is 10.5. The third-order valence-corrected chi connectivity index (χ3v) is 4.12. The fourth-order valence-corrected chi connectivity index (χ4v) is 3.18. The first kappa shape index (κ1) is 19.7. The molecule has 0 spiro atoms. The van der Waals surface area contributed by atoms with Gasteiger partial charge in [0.1, 0.15) is 5.60 Å². The predicted octanol–water partition coefficient (Wildman–Crippen LogP) is 1.44. The molecule has 2 amide bonds. The minimum atomic E-state index is -4.55. The number of halogens is 1. The van der Waals surface area contributed by atoms with Crippen LogP contribution >= 0.6 is 0 Å². The molecule has 1 N–H and O–H groups in total. The highest BCUT2D eigenvalue weighted by molar-refractivity contribution is 7.86. The lowest BCUT2D eigenvalue weighted by molar-refractivity contribution is -0.127. The van der Waals surface area contributed by atoms with E-state index < -0.39 is 33.6 Å². The van der Waals surface area contributed by atoms with Gasteiger partial charge in [0.05, 0.1) is 5.75 Å². The smallest absolute Gasteiger partial charge is 0.407 e. The number of unbranched alkanes of at least 4 members (excludes halogenated alkanes) is 1. The van der Waals surface area contributed by atoms with Gasteiger partial charge in [-0.25, -0.2) is 4.79 Å². The molecule has 0 aliphatic carbocycles. The molecule has 0 saturated carbocycles. The molecule has 7 nitrogen and oxygen atoms in total. The van der Waals surface area contributed by atoms with Crippen LogP contribution in [0.15, 0.2) is 0 Å². The molecule has 1 fully saturated rings. The molecule has 1 saturated heterocycles. The van der Waals surface area contributed by atoms with Crippen molar-refractivity contribution in [1.82, 2.24) is 10.2 Å². The number of carbonyl (C=O) groups excluding carboxylic acids is 2. The molecule has 0 aromatic rings. The fourth-order valence-electron chi connectivity index (χ4n) is 2.40. The number of rotatable bonds is 7. The van der Waals surface area contributed by atoms with Crippen LogP contribution in [-0.4, -0.2) is 56.3 Å². The Morgan fingerprint density at radius 3 is 2.61 bits per heavy atom. The predicted molar refractivity (Wildman–Crippen MR) is 83.1 cm³/mol. The van der Waals surface area contributed by atoms with Crippen molar-refractivity contribution < 1.29 is 26.6 Å². The third kappa shape index (κ3) is 8.73. The molecule has 23 heavy (non-hydrogen) atoms. The van der Waals surface area contributed by atoms with Crippen LogP contribution in [0.5, 0.6) is 0 Å². The Morgan fingerprint density at radius 2 is 2.04 bits per heavy atom. The van der Waals surface area contributed by atoms with Crippen molar-refractivity contribution in [3.63, 3.8) is 0 Å². The molecule has 1 aliphatic heterocycles. The number of amides is 2. The van der Waals surface area contributed by atoms with Gasteiger partial charge in [-0.1, -0.05) is 0 Å². The second-order valence-electron chi connectivity index (χ2n) is 6.75. The van der Waals surface area contributed by atoms with Gasteiger partial charge in [0.25, 0.3) is 0 Å². The maximum Gasteiger partial charge on any atom is 0.407 e. The van der Waals surface area contributed by atoms with E-state index >= 15 is 0 Å². The zero-order chi connectivity index (χ0) is 17.7. The van der Waals surface area contributed by atoms with Crippen molar-refractivity contribution >= 4 is 22.2 Å². The summed E-state index contributed by atoms with van der Waals surface area (Å²) in [7, 11) is -4.55. The number of likely N-dealkylation sites (tertiary alicyclic amines) is 1. The van der Waals surface area contributed by atoms with Gasteiger partial charge in [-0.05, 0) is 33.6 Å². The fraction of sp³-hybridized carbons (Fsp3) is 0.857. The number of nitrogens with one attached hydrogen (secondary N) is 1. The van der Waals surface area contributed by atoms with E-state index in [2.05, 4.69) is 5.32 Å². The van der Waals surface area contributed by atoms with Crippen molar-refractivity contribution in [2.45, 2.75) is 45.6 Å². The lowest BCUT2D eigenvalue weighted by Gasteiger charge is -2.20. The van der Waals surface area contributed by atoms with E-state index in [1.807, 2.05) is 0 Å². The summed E-state index contributed by atoms with van der Waals surface area (Å²) in [5, 5.41) is 2.62. The van der Waals surface area contributed by atoms with Crippen LogP contribution in [0.25, 0.3) is 0 Å². The summed E-state index contributed by atoms with van der Waals surface area (Å²) in [5.74, 6) is -1.23. The molecule has 1 heterocycles. The Bertz CT molecular complexity index is 530. The van der Waals surface area contributed by atoms with Gasteiger partial charge in [-0.2, -0.15) is 8.42 Å². The summed E-state index contributed by atoms with van der Waals surface area (Å²) in [6.45, 7) is 6.50. The van der Waals surface area contributed by atoms with E-state index in [4.69, 9.17) is 4.74 Å². The normalized spacial score (nSPS) is 19.0. The highest BCUT2D eigenvalue weighted by atomic mass is 32.3. The number of hydrogen-bond acceptors (Lipinski definition) is 5.